The van der Waals surface area contributed by atoms with E-state index >= 15 is 0 Å². The smallest absolute Gasteiger partial charge is 0.251 e. The number of amides is 2. The van der Waals surface area contributed by atoms with Crippen LogP contribution in [0.15, 0.2) is 24.3 Å². The van der Waals surface area contributed by atoms with E-state index in [9.17, 15) is 9.59 Å². The monoisotopic (exact) mass is 285 g/mol. The van der Waals surface area contributed by atoms with Gasteiger partial charge in [-0.25, -0.2) is 9.97 Å². The molecular weight excluding hydrogens is 270 g/mol. The molecule has 0 spiro atoms. The lowest BCUT2D eigenvalue weighted by Gasteiger charge is -2.41. The number of fused-ring (bicyclic) bond motifs is 1. The van der Waals surface area contributed by atoms with Gasteiger partial charge in [-0.3, -0.25) is 14.9 Å². The molecule has 2 heterocycles. The molecule has 1 saturated heterocycles. The first kappa shape index (κ1) is 13.3. The minimum atomic E-state index is -0.931. The second-order valence-corrected chi connectivity index (χ2v) is 5.44. The van der Waals surface area contributed by atoms with Gasteiger partial charge in [-0.1, -0.05) is 12.1 Å². The predicted octanol–water partition coefficient (Wildman–Crippen LogP) is 0.453. The number of para-hydroxylation sites is 2. The number of nitrogens with two attached hydrogens (primary N) is 1. The van der Waals surface area contributed by atoms with Crippen LogP contribution in [0.2, 0.25) is 0 Å². The van der Waals surface area contributed by atoms with Crippen molar-refractivity contribution in [3.63, 3.8) is 0 Å². The van der Waals surface area contributed by atoms with Crippen molar-refractivity contribution in [3.8, 4) is 0 Å². The largest absolute Gasteiger partial charge is 0.381 e. The van der Waals surface area contributed by atoms with E-state index in [1.807, 2.05) is 24.3 Å². The average molecular weight is 285 g/mol. The third-order valence-electron chi connectivity index (χ3n) is 3.62. The van der Waals surface area contributed by atoms with Crippen molar-refractivity contribution >= 4 is 34.5 Å². The number of carbonyl (C=O) groups excluding carboxylic acids is 2. The number of nitrogen functional groups attached to an aromatic ring is 1. The zero-order valence-electron chi connectivity index (χ0n) is 11.8. The normalized spacial score (nSPS) is 17.9. The Morgan fingerprint density at radius 3 is 2.48 bits per heavy atom. The van der Waals surface area contributed by atoms with Crippen LogP contribution in [0.4, 0.5) is 11.6 Å². The molecule has 1 fully saturated rings. The highest BCUT2D eigenvalue weighted by Crippen LogP contribution is 2.29. The summed E-state index contributed by atoms with van der Waals surface area (Å²) in [6.07, 6.45) is 0. The number of anilines is 2. The molecule has 1 aromatic carbocycles. The summed E-state index contributed by atoms with van der Waals surface area (Å²) in [5.74, 6) is -0.215. The molecule has 3 rings (SSSR count). The van der Waals surface area contributed by atoms with Crippen molar-refractivity contribution in [2.24, 2.45) is 0 Å². The first-order chi connectivity index (χ1) is 9.89. The Morgan fingerprint density at radius 2 is 1.81 bits per heavy atom. The molecule has 3 N–H and O–H groups in total. The van der Waals surface area contributed by atoms with Crippen LogP contribution in [0.25, 0.3) is 11.0 Å². The summed E-state index contributed by atoms with van der Waals surface area (Å²) in [7, 11) is 0. The van der Waals surface area contributed by atoms with Crippen LogP contribution in [0, 0.1) is 0 Å². The van der Waals surface area contributed by atoms with E-state index < -0.39 is 5.54 Å². The zero-order valence-corrected chi connectivity index (χ0v) is 11.8. The van der Waals surface area contributed by atoms with E-state index in [0.717, 1.165) is 0 Å². The molecule has 0 aliphatic carbocycles. The summed E-state index contributed by atoms with van der Waals surface area (Å²) >= 11 is 0. The maximum Gasteiger partial charge on any atom is 0.251 e. The van der Waals surface area contributed by atoms with Gasteiger partial charge < -0.3 is 10.6 Å². The number of hydrogen-bond acceptors (Lipinski definition) is 6. The van der Waals surface area contributed by atoms with Gasteiger partial charge in [0, 0.05) is 0 Å². The van der Waals surface area contributed by atoms with Gasteiger partial charge in [0.1, 0.15) is 5.54 Å². The molecule has 2 aromatic rings. The number of nitrogens with one attached hydrogen (secondary N) is 1. The molecule has 0 unspecified atom stereocenters. The van der Waals surface area contributed by atoms with Gasteiger partial charge in [-0.05, 0) is 26.0 Å². The Bertz CT molecular complexity index is 756. The molecule has 1 aliphatic rings. The van der Waals surface area contributed by atoms with Crippen LogP contribution >= 0.6 is 0 Å². The third-order valence-corrected chi connectivity index (χ3v) is 3.62. The van der Waals surface area contributed by atoms with E-state index in [-0.39, 0.29) is 24.2 Å². The molecule has 21 heavy (non-hydrogen) atoms. The first-order valence-electron chi connectivity index (χ1n) is 6.54. The molecule has 1 aliphatic heterocycles. The number of hydrogen-bond donors (Lipinski definition) is 2. The lowest BCUT2D eigenvalue weighted by molar-refractivity contribution is -0.135. The number of rotatable bonds is 1. The minimum absolute atomic E-state index is 0.00988. The van der Waals surface area contributed by atoms with Crippen molar-refractivity contribution in [2.75, 3.05) is 17.2 Å². The van der Waals surface area contributed by atoms with Crippen molar-refractivity contribution < 1.29 is 9.59 Å². The van der Waals surface area contributed by atoms with Crippen LogP contribution in [-0.4, -0.2) is 33.9 Å². The molecule has 7 heteroatoms. The summed E-state index contributed by atoms with van der Waals surface area (Å²) in [6.45, 7) is 3.44. The predicted molar refractivity (Wildman–Crippen MR) is 78.5 cm³/mol. The van der Waals surface area contributed by atoms with Crippen LogP contribution in [0.5, 0.6) is 0 Å². The third kappa shape index (κ3) is 2.06. The number of benzene rings is 1. The lowest BCUT2D eigenvalue weighted by Crippen LogP contribution is -2.64. The van der Waals surface area contributed by atoms with Gasteiger partial charge in [-0.2, -0.15) is 0 Å². The standard InChI is InChI=1S/C14H15N5O2/c1-14(2)13(21)18-10(20)7-19(14)12-11(15)16-8-5-3-4-6-9(8)17-12/h3-6H,7H2,1-2H3,(H2,15,16)(H,18,20,21). The zero-order chi connectivity index (χ0) is 15.2. The minimum Gasteiger partial charge on any atom is -0.381 e. The van der Waals surface area contributed by atoms with Crippen LogP contribution in [0.3, 0.4) is 0 Å². The molecule has 1 aromatic heterocycles. The molecule has 2 amide bonds. The quantitative estimate of drug-likeness (QED) is 0.738. The Kier molecular flexibility index (Phi) is 2.79. The Labute approximate surface area is 121 Å². The van der Waals surface area contributed by atoms with Gasteiger partial charge in [-0.15, -0.1) is 0 Å². The van der Waals surface area contributed by atoms with Crippen molar-refractivity contribution in [1.29, 1.82) is 0 Å². The fraction of sp³-hybridized carbons (Fsp3) is 0.286. The Morgan fingerprint density at radius 1 is 1.19 bits per heavy atom. The topological polar surface area (TPSA) is 101 Å². The second-order valence-electron chi connectivity index (χ2n) is 5.44. The van der Waals surface area contributed by atoms with Crippen LogP contribution in [0.1, 0.15) is 13.8 Å². The molecular formula is C14H15N5O2. The van der Waals surface area contributed by atoms with E-state index in [2.05, 4.69) is 15.3 Å². The Hall–Kier alpha value is -2.70. The fourth-order valence-corrected chi connectivity index (χ4v) is 2.33. The highest BCUT2D eigenvalue weighted by Gasteiger charge is 2.42. The summed E-state index contributed by atoms with van der Waals surface area (Å²) in [5.41, 5.74) is 6.37. The number of carbonyl (C=O) groups is 2. The van der Waals surface area contributed by atoms with Crippen molar-refractivity contribution in [1.82, 2.24) is 15.3 Å². The first-order valence-corrected chi connectivity index (χ1v) is 6.54. The molecule has 0 saturated carbocycles. The lowest BCUT2D eigenvalue weighted by atomic mass is 9.98. The molecule has 0 radical (unpaired) electrons. The van der Waals surface area contributed by atoms with Gasteiger partial charge in [0.05, 0.1) is 17.6 Å². The SMILES string of the molecule is CC1(C)C(=O)NC(=O)CN1c1nc2ccccc2nc1N. The average Bonchev–Trinajstić information content (AvgIpc) is 2.42. The molecule has 0 atom stereocenters. The summed E-state index contributed by atoms with van der Waals surface area (Å²) in [4.78, 5) is 34.0. The van der Waals surface area contributed by atoms with Gasteiger partial charge in [0.25, 0.3) is 5.91 Å². The summed E-state index contributed by atoms with van der Waals surface area (Å²) in [6, 6.07) is 7.31. The highest BCUT2D eigenvalue weighted by atomic mass is 16.2. The highest BCUT2D eigenvalue weighted by molar-refractivity contribution is 6.07. The van der Waals surface area contributed by atoms with Gasteiger partial charge >= 0.3 is 0 Å². The van der Waals surface area contributed by atoms with E-state index in [1.165, 1.54) is 0 Å². The number of imide groups is 1. The molecule has 108 valence electrons. The summed E-state index contributed by atoms with van der Waals surface area (Å²) < 4.78 is 0. The number of nitrogens with zero attached hydrogens (tertiary/aromatic N) is 3. The second kappa shape index (κ2) is 4.41. The molecule has 0 bridgehead atoms. The number of aromatic nitrogens is 2. The number of piperazine rings is 1. The van der Waals surface area contributed by atoms with Crippen LogP contribution < -0.4 is 16.0 Å². The van der Waals surface area contributed by atoms with E-state index in [0.29, 0.717) is 16.9 Å². The van der Waals surface area contributed by atoms with Gasteiger partial charge in [0.15, 0.2) is 11.6 Å². The van der Waals surface area contributed by atoms with Gasteiger partial charge in [0.2, 0.25) is 5.91 Å². The van der Waals surface area contributed by atoms with Crippen molar-refractivity contribution in [3.05, 3.63) is 24.3 Å². The summed E-state index contributed by atoms with van der Waals surface area (Å²) in [5, 5.41) is 2.32. The van der Waals surface area contributed by atoms with Crippen molar-refractivity contribution in [2.45, 2.75) is 19.4 Å². The maximum absolute atomic E-state index is 12.0. The van der Waals surface area contributed by atoms with E-state index in [1.54, 1.807) is 18.7 Å². The maximum atomic E-state index is 12.0. The van der Waals surface area contributed by atoms with Crippen LogP contribution in [-0.2, 0) is 9.59 Å². The Balaban J connectivity index is 2.16. The fourth-order valence-electron chi connectivity index (χ4n) is 2.33. The van der Waals surface area contributed by atoms with E-state index in [4.69, 9.17) is 5.73 Å². The molecule has 7 nitrogen and oxygen atoms in total.